The van der Waals surface area contributed by atoms with E-state index in [0.717, 1.165) is 42.5 Å². The average molecular weight is 430 g/mol. The van der Waals surface area contributed by atoms with E-state index < -0.39 is 0 Å². The van der Waals surface area contributed by atoms with Crippen LogP contribution in [0.15, 0.2) is 72.8 Å². The van der Waals surface area contributed by atoms with Crippen LogP contribution in [0.2, 0.25) is 0 Å². The zero-order valence-electron chi connectivity index (χ0n) is 17.1. The van der Waals surface area contributed by atoms with Crippen LogP contribution in [0, 0.1) is 0 Å². The number of hydrogen-bond donors (Lipinski definition) is 1. The first kappa shape index (κ1) is 19.7. The standard InChI is InChI=1S/C25H23N3O2S/c29-24(17-30-22-12-6-10-19-9-4-5-11-20(19)22)27-25-26-21-13-14-28(16-23(21)31-25)15-18-7-2-1-3-8-18/h1-12H,13-17H2,(H,26,27,29). The molecule has 156 valence electrons. The maximum Gasteiger partial charge on any atom is 0.264 e. The minimum Gasteiger partial charge on any atom is -0.483 e. The third-order valence-electron chi connectivity index (χ3n) is 5.41. The summed E-state index contributed by atoms with van der Waals surface area (Å²) in [6.07, 6.45) is 0.904. The largest absolute Gasteiger partial charge is 0.483 e. The Kier molecular flexibility index (Phi) is 5.65. The molecule has 0 bridgehead atoms. The monoisotopic (exact) mass is 429 g/mol. The zero-order chi connectivity index (χ0) is 21.0. The molecule has 6 heteroatoms. The molecular formula is C25H23N3O2S. The van der Waals surface area contributed by atoms with Gasteiger partial charge in [-0.2, -0.15) is 0 Å². The SMILES string of the molecule is O=C(COc1cccc2ccccc12)Nc1nc2c(s1)CN(Cc1ccccc1)CC2. The van der Waals surface area contributed by atoms with E-state index in [1.165, 1.54) is 10.4 Å². The van der Waals surface area contributed by atoms with Crippen LogP contribution < -0.4 is 10.1 Å². The summed E-state index contributed by atoms with van der Waals surface area (Å²) in [5.41, 5.74) is 2.41. The highest BCUT2D eigenvalue weighted by molar-refractivity contribution is 7.15. The highest BCUT2D eigenvalue weighted by atomic mass is 32.1. The Morgan fingerprint density at radius 3 is 2.74 bits per heavy atom. The van der Waals surface area contributed by atoms with Crippen LogP contribution in [0.1, 0.15) is 16.1 Å². The predicted octanol–water partition coefficient (Wildman–Crippen LogP) is 4.87. The number of aromatic nitrogens is 1. The summed E-state index contributed by atoms with van der Waals surface area (Å²) >= 11 is 1.56. The van der Waals surface area contributed by atoms with Gasteiger partial charge in [-0.05, 0) is 17.0 Å². The molecule has 1 N–H and O–H groups in total. The van der Waals surface area contributed by atoms with Gasteiger partial charge in [0.25, 0.3) is 5.91 Å². The molecule has 0 aliphatic carbocycles. The fourth-order valence-corrected chi connectivity index (χ4v) is 4.97. The number of carbonyl (C=O) groups excluding carboxylic acids is 1. The third-order valence-corrected chi connectivity index (χ3v) is 6.41. The lowest BCUT2D eigenvalue weighted by molar-refractivity contribution is -0.118. The summed E-state index contributed by atoms with van der Waals surface area (Å²) in [6.45, 7) is 2.73. The fraction of sp³-hybridized carbons (Fsp3) is 0.200. The Labute approximate surface area is 185 Å². The van der Waals surface area contributed by atoms with Crippen molar-refractivity contribution in [1.82, 2.24) is 9.88 Å². The van der Waals surface area contributed by atoms with Gasteiger partial charge >= 0.3 is 0 Å². The molecule has 1 amide bonds. The number of amides is 1. The van der Waals surface area contributed by atoms with E-state index in [2.05, 4.69) is 39.5 Å². The number of ether oxygens (including phenoxy) is 1. The highest BCUT2D eigenvalue weighted by Gasteiger charge is 2.21. The molecule has 1 aromatic heterocycles. The van der Waals surface area contributed by atoms with E-state index in [4.69, 9.17) is 4.74 Å². The first-order valence-electron chi connectivity index (χ1n) is 10.4. The normalized spacial score (nSPS) is 13.7. The molecule has 1 aliphatic rings. The molecule has 5 rings (SSSR count). The van der Waals surface area contributed by atoms with Gasteiger partial charge < -0.3 is 4.74 Å². The van der Waals surface area contributed by atoms with Gasteiger partial charge in [0.1, 0.15) is 5.75 Å². The number of rotatable bonds is 6. The van der Waals surface area contributed by atoms with Crippen molar-refractivity contribution in [2.75, 3.05) is 18.5 Å². The first-order valence-corrected chi connectivity index (χ1v) is 11.2. The van der Waals surface area contributed by atoms with E-state index in [-0.39, 0.29) is 12.5 Å². The van der Waals surface area contributed by atoms with Crippen molar-refractivity contribution in [2.45, 2.75) is 19.5 Å². The molecule has 0 radical (unpaired) electrons. The van der Waals surface area contributed by atoms with Crippen molar-refractivity contribution < 1.29 is 9.53 Å². The summed E-state index contributed by atoms with van der Waals surface area (Å²) in [5.74, 6) is 0.517. The Hall–Kier alpha value is -3.22. The van der Waals surface area contributed by atoms with Gasteiger partial charge in [-0.25, -0.2) is 4.98 Å². The molecule has 3 aromatic carbocycles. The van der Waals surface area contributed by atoms with E-state index in [1.807, 2.05) is 48.5 Å². The van der Waals surface area contributed by atoms with Crippen molar-refractivity contribution in [2.24, 2.45) is 0 Å². The minimum absolute atomic E-state index is 0.0433. The third kappa shape index (κ3) is 4.60. The van der Waals surface area contributed by atoms with Gasteiger partial charge in [-0.15, -0.1) is 11.3 Å². The maximum absolute atomic E-state index is 12.5. The van der Waals surface area contributed by atoms with Gasteiger partial charge in [0.15, 0.2) is 11.7 Å². The van der Waals surface area contributed by atoms with Crippen LogP contribution in [0.5, 0.6) is 5.75 Å². The van der Waals surface area contributed by atoms with E-state index >= 15 is 0 Å². The van der Waals surface area contributed by atoms with Crippen LogP contribution >= 0.6 is 11.3 Å². The van der Waals surface area contributed by atoms with Crippen LogP contribution in [0.4, 0.5) is 5.13 Å². The van der Waals surface area contributed by atoms with E-state index in [9.17, 15) is 4.79 Å². The number of hydrogen-bond acceptors (Lipinski definition) is 5. The Morgan fingerprint density at radius 1 is 1.03 bits per heavy atom. The quantitative estimate of drug-likeness (QED) is 0.475. The van der Waals surface area contributed by atoms with Gasteiger partial charge in [0, 0.05) is 36.3 Å². The number of benzene rings is 3. The summed E-state index contributed by atoms with van der Waals surface area (Å²) in [6, 6.07) is 24.3. The van der Waals surface area contributed by atoms with Crippen LogP contribution in [0.25, 0.3) is 10.8 Å². The van der Waals surface area contributed by atoms with E-state index in [0.29, 0.717) is 10.9 Å². The van der Waals surface area contributed by atoms with Crippen LogP contribution in [0.3, 0.4) is 0 Å². The van der Waals surface area contributed by atoms with Crippen molar-refractivity contribution in [1.29, 1.82) is 0 Å². The second kappa shape index (κ2) is 8.88. The lowest BCUT2D eigenvalue weighted by atomic mass is 10.1. The second-order valence-electron chi connectivity index (χ2n) is 7.65. The number of nitrogens with one attached hydrogen (secondary N) is 1. The lowest BCUT2D eigenvalue weighted by Gasteiger charge is -2.25. The number of nitrogens with zero attached hydrogens (tertiary/aromatic N) is 2. The van der Waals surface area contributed by atoms with Crippen LogP contribution in [-0.2, 0) is 24.3 Å². The maximum atomic E-state index is 12.5. The molecule has 5 nitrogen and oxygen atoms in total. The molecule has 2 heterocycles. The summed E-state index contributed by atoms with van der Waals surface area (Å²) in [7, 11) is 0. The summed E-state index contributed by atoms with van der Waals surface area (Å²) in [4.78, 5) is 20.8. The molecule has 4 aromatic rings. The minimum atomic E-state index is -0.194. The first-order chi connectivity index (χ1) is 15.2. The molecule has 1 aliphatic heterocycles. The van der Waals surface area contributed by atoms with Crippen molar-refractivity contribution in [3.63, 3.8) is 0 Å². The molecule has 31 heavy (non-hydrogen) atoms. The highest BCUT2D eigenvalue weighted by Crippen LogP contribution is 2.29. The van der Waals surface area contributed by atoms with Crippen LogP contribution in [-0.4, -0.2) is 28.9 Å². The van der Waals surface area contributed by atoms with E-state index in [1.54, 1.807) is 11.3 Å². The predicted molar refractivity (Wildman–Crippen MR) is 124 cm³/mol. The van der Waals surface area contributed by atoms with Crippen molar-refractivity contribution >= 4 is 33.1 Å². The molecule has 0 saturated carbocycles. The summed E-state index contributed by atoms with van der Waals surface area (Å²) in [5, 5.41) is 5.65. The Morgan fingerprint density at radius 2 is 1.84 bits per heavy atom. The number of carbonyl (C=O) groups is 1. The van der Waals surface area contributed by atoms with Gasteiger partial charge in [0.2, 0.25) is 0 Å². The lowest BCUT2D eigenvalue weighted by Crippen LogP contribution is -2.29. The molecule has 0 spiro atoms. The average Bonchev–Trinajstić information content (AvgIpc) is 3.19. The number of fused-ring (bicyclic) bond motifs is 2. The van der Waals surface area contributed by atoms with Gasteiger partial charge in [-0.1, -0.05) is 66.7 Å². The Bertz CT molecular complexity index is 1200. The van der Waals surface area contributed by atoms with Crippen molar-refractivity contribution in [3.8, 4) is 5.75 Å². The van der Waals surface area contributed by atoms with Crippen molar-refractivity contribution in [3.05, 3.63) is 88.9 Å². The molecule has 0 fully saturated rings. The number of thiazole rings is 1. The molecule has 0 atom stereocenters. The van der Waals surface area contributed by atoms with Gasteiger partial charge in [0.05, 0.1) is 5.69 Å². The smallest absolute Gasteiger partial charge is 0.264 e. The molecule has 0 saturated heterocycles. The number of anilines is 1. The molecular weight excluding hydrogens is 406 g/mol. The second-order valence-corrected chi connectivity index (χ2v) is 8.73. The Balaban J connectivity index is 1.19. The topological polar surface area (TPSA) is 54.5 Å². The van der Waals surface area contributed by atoms with Gasteiger partial charge in [-0.3, -0.25) is 15.0 Å². The zero-order valence-corrected chi connectivity index (χ0v) is 17.9. The summed E-state index contributed by atoms with van der Waals surface area (Å²) < 4.78 is 5.80. The fourth-order valence-electron chi connectivity index (χ4n) is 3.90. The molecule has 0 unspecified atom stereocenters.